The molecule has 0 amide bonds. The molecule has 1 unspecified atom stereocenters. The summed E-state index contributed by atoms with van der Waals surface area (Å²) in [4.78, 5) is 8.62. The molecule has 0 spiro atoms. The Labute approximate surface area is 98.1 Å². The second-order valence-electron chi connectivity index (χ2n) is 3.95. The van der Waals surface area contributed by atoms with E-state index in [1.165, 1.54) is 0 Å². The van der Waals surface area contributed by atoms with Gasteiger partial charge in [0.15, 0.2) is 0 Å². The number of aromatic nitrogens is 2. The van der Waals surface area contributed by atoms with Crippen LogP contribution in [0, 0.1) is 13.8 Å². The molecule has 0 aliphatic heterocycles. The Bertz CT molecular complexity index is 384. The van der Waals surface area contributed by atoms with Gasteiger partial charge in [-0.25, -0.2) is 18.9 Å². The van der Waals surface area contributed by atoms with Crippen LogP contribution in [0.2, 0.25) is 0 Å². The highest BCUT2D eigenvalue weighted by molar-refractivity contribution is 7.77. The fourth-order valence-corrected chi connectivity index (χ4v) is 2.09. The van der Waals surface area contributed by atoms with Gasteiger partial charge < -0.3 is 0 Å². The van der Waals surface area contributed by atoms with Crippen LogP contribution in [-0.4, -0.2) is 18.7 Å². The van der Waals surface area contributed by atoms with E-state index in [2.05, 4.69) is 28.5 Å². The summed E-state index contributed by atoms with van der Waals surface area (Å²) in [7, 11) is 0. The molecule has 1 aromatic rings. The third-order valence-electron chi connectivity index (χ3n) is 2.30. The van der Waals surface area contributed by atoms with E-state index in [0.29, 0.717) is 11.7 Å². The standard InChI is InChI=1S/C10H17N3O2S/c1-6(2)10-7(3)12-9(13-8(10)4)5-11-16(14)15/h6,11H,5H2,1-4H3,(H,14,15). The summed E-state index contributed by atoms with van der Waals surface area (Å²) in [5.74, 6) is 0.927. The van der Waals surface area contributed by atoms with Gasteiger partial charge in [-0.2, -0.15) is 0 Å². The van der Waals surface area contributed by atoms with E-state index < -0.39 is 11.3 Å². The Kier molecular flexibility index (Phi) is 4.52. The molecule has 0 aliphatic carbocycles. The van der Waals surface area contributed by atoms with Gasteiger partial charge in [-0.05, 0) is 25.3 Å². The largest absolute Gasteiger partial charge is 0.294 e. The summed E-state index contributed by atoms with van der Waals surface area (Å²) in [6.07, 6.45) is 0. The van der Waals surface area contributed by atoms with Crippen molar-refractivity contribution in [2.24, 2.45) is 0 Å². The predicted molar refractivity (Wildman–Crippen MR) is 63.2 cm³/mol. The molecule has 90 valence electrons. The van der Waals surface area contributed by atoms with E-state index in [0.717, 1.165) is 17.0 Å². The average Bonchev–Trinajstić information content (AvgIpc) is 2.12. The van der Waals surface area contributed by atoms with Crippen LogP contribution in [0.25, 0.3) is 0 Å². The summed E-state index contributed by atoms with van der Waals surface area (Å²) in [5.41, 5.74) is 3.01. The molecule has 0 saturated carbocycles. The van der Waals surface area contributed by atoms with Gasteiger partial charge in [0.1, 0.15) is 5.82 Å². The van der Waals surface area contributed by atoms with Crippen molar-refractivity contribution in [3.63, 3.8) is 0 Å². The van der Waals surface area contributed by atoms with Gasteiger partial charge in [-0.1, -0.05) is 13.8 Å². The quantitative estimate of drug-likeness (QED) is 0.785. The van der Waals surface area contributed by atoms with Crippen LogP contribution >= 0.6 is 0 Å². The highest BCUT2D eigenvalue weighted by atomic mass is 32.2. The molecule has 0 radical (unpaired) electrons. The number of hydrogen-bond acceptors (Lipinski definition) is 3. The second-order valence-corrected chi connectivity index (χ2v) is 4.74. The number of nitrogens with zero attached hydrogens (tertiary/aromatic N) is 2. The van der Waals surface area contributed by atoms with Crippen molar-refractivity contribution < 1.29 is 8.76 Å². The van der Waals surface area contributed by atoms with Crippen molar-refractivity contribution in [2.45, 2.75) is 40.2 Å². The van der Waals surface area contributed by atoms with Crippen LogP contribution in [0.3, 0.4) is 0 Å². The van der Waals surface area contributed by atoms with E-state index in [1.807, 2.05) is 13.8 Å². The smallest absolute Gasteiger partial charge is 0.232 e. The van der Waals surface area contributed by atoms with Crippen molar-refractivity contribution >= 4 is 11.3 Å². The zero-order valence-corrected chi connectivity index (χ0v) is 10.8. The molecule has 1 heterocycles. The first-order chi connectivity index (χ1) is 7.41. The molecule has 2 N–H and O–H groups in total. The molecule has 5 nitrogen and oxygen atoms in total. The van der Waals surface area contributed by atoms with E-state index in [4.69, 9.17) is 4.55 Å². The van der Waals surface area contributed by atoms with Gasteiger partial charge >= 0.3 is 0 Å². The lowest BCUT2D eigenvalue weighted by Gasteiger charge is -2.13. The van der Waals surface area contributed by atoms with Gasteiger partial charge in [0.05, 0.1) is 6.54 Å². The Morgan fingerprint density at radius 3 is 2.19 bits per heavy atom. The van der Waals surface area contributed by atoms with Crippen LogP contribution in [0.4, 0.5) is 0 Å². The molecule has 0 bridgehead atoms. The minimum absolute atomic E-state index is 0.198. The van der Waals surface area contributed by atoms with Crippen LogP contribution in [0.15, 0.2) is 0 Å². The van der Waals surface area contributed by atoms with Crippen molar-refractivity contribution in [2.75, 3.05) is 0 Å². The summed E-state index contributed by atoms with van der Waals surface area (Å²) in [6, 6.07) is 0. The minimum Gasteiger partial charge on any atom is -0.294 e. The van der Waals surface area contributed by atoms with Crippen LogP contribution in [0.1, 0.15) is 42.5 Å². The SMILES string of the molecule is Cc1nc(CNS(=O)O)nc(C)c1C(C)C. The maximum absolute atomic E-state index is 10.5. The zero-order valence-electron chi connectivity index (χ0n) is 9.94. The summed E-state index contributed by atoms with van der Waals surface area (Å²) >= 11 is -2.02. The van der Waals surface area contributed by atoms with E-state index >= 15 is 0 Å². The normalized spacial score (nSPS) is 13.1. The Morgan fingerprint density at radius 2 is 1.81 bits per heavy atom. The molecule has 6 heteroatoms. The Balaban J connectivity index is 2.96. The van der Waals surface area contributed by atoms with Crippen LogP contribution in [0.5, 0.6) is 0 Å². The highest BCUT2D eigenvalue weighted by Gasteiger charge is 2.11. The van der Waals surface area contributed by atoms with E-state index in [1.54, 1.807) is 0 Å². The fourth-order valence-electron chi connectivity index (χ4n) is 1.84. The monoisotopic (exact) mass is 243 g/mol. The Hall–Kier alpha value is -0.850. The molecule has 16 heavy (non-hydrogen) atoms. The molecule has 1 aromatic heterocycles. The molecular weight excluding hydrogens is 226 g/mol. The first-order valence-corrected chi connectivity index (χ1v) is 6.21. The van der Waals surface area contributed by atoms with Crippen molar-refractivity contribution in [1.82, 2.24) is 14.7 Å². The maximum atomic E-state index is 10.5. The Morgan fingerprint density at radius 1 is 1.31 bits per heavy atom. The molecular formula is C10H17N3O2S. The van der Waals surface area contributed by atoms with Gasteiger partial charge in [-0.3, -0.25) is 4.55 Å². The first-order valence-electron chi connectivity index (χ1n) is 5.10. The lowest BCUT2D eigenvalue weighted by molar-refractivity contribution is 0.546. The lowest BCUT2D eigenvalue weighted by atomic mass is 10.0. The average molecular weight is 243 g/mol. The third kappa shape index (κ3) is 3.33. The van der Waals surface area contributed by atoms with E-state index in [9.17, 15) is 4.21 Å². The molecule has 0 aliphatic rings. The maximum Gasteiger partial charge on any atom is 0.232 e. The number of aryl methyl sites for hydroxylation is 2. The minimum atomic E-state index is -2.02. The highest BCUT2D eigenvalue weighted by Crippen LogP contribution is 2.20. The number of nitrogens with one attached hydrogen (secondary N) is 1. The molecule has 1 atom stereocenters. The predicted octanol–water partition coefficient (Wildman–Crippen LogP) is 1.44. The second kappa shape index (κ2) is 5.47. The van der Waals surface area contributed by atoms with E-state index in [-0.39, 0.29) is 6.54 Å². The molecule has 0 aromatic carbocycles. The third-order valence-corrected chi connectivity index (χ3v) is 2.70. The first kappa shape index (κ1) is 13.2. The summed E-state index contributed by atoms with van der Waals surface area (Å²) in [5, 5.41) is 0. The molecule has 1 rings (SSSR count). The van der Waals surface area contributed by atoms with Gasteiger partial charge in [0.2, 0.25) is 11.3 Å². The van der Waals surface area contributed by atoms with Gasteiger partial charge in [-0.15, -0.1) is 0 Å². The number of hydrogen-bond donors (Lipinski definition) is 2. The lowest BCUT2D eigenvalue weighted by Crippen LogP contribution is -2.18. The molecule has 0 saturated heterocycles. The van der Waals surface area contributed by atoms with Gasteiger partial charge in [0, 0.05) is 11.4 Å². The van der Waals surface area contributed by atoms with Crippen molar-refractivity contribution in [3.8, 4) is 0 Å². The van der Waals surface area contributed by atoms with Crippen LogP contribution in [-0.2, 0) is 17.8 Å². The summed E-state index contributed by atoms with van der Waals surface area (Å²) < 4.78 is 21.4. The zero-order chi connectivity index (χ0) is 12.3. The van der Waals surface area contributed by atoms with Crippen molar-refractivity contribution in [3.05, 3.63) is 22.8 Å². The topological polar surface area (TPSA) is 75.1 Å². The summed E-state index contributed by atoms with van der Waals surface area (Å²) in [6.45, 7) is 8.26. The number of rotatable bonds is 4. The van der Waals surface area contributed by atoms with Gasteiger partial charge in [0.25, 0.3) is 0 Å². The fraction of sp³-hybridized carbons (Fsp3) is 0.600. The molecule has 0 fully saturated rings. The van der Waals surface area contributed by atoms with Crippen molar-refractivity contribution in [1.29, 1.82) is 0 Å². The van der Waals surface area contributed by atoms with Crippen LogP contribution < -0.4 is 4.72 Å².